The van der Waals surface area contributed by atoms with Gasteiger partial charge >= 0.3 is 24.6 Å². The predicted molar refractivity (Wildman–Crippen MR) is 135 cm³/mol. The zero-order valence-electron chi connectivity index (χ0n) is 24.2. The molecule has 3 amide bonds. The average molecular weight is 661 g/mol. The van der Waals surface area contributed by atoms with Crippen LogP contribution in [0.3, 0.4) is 0 Å². The summed E-state index contributed by atoms with van der Waals surface area (Å²) in [5.41, 5.74) is -7.72. The van der Waals surface area contributed by atoms with Gasteiger partial charge in [0.05, 0.1) is 5.56 Å². The predicted octanol–water partition coefficient (Wildman–Crippen LogP) is 6.62. The van der Waals surface area contributed by atoms with Crippen molar-refractivity contribution < 1.29 is 63.1 Å². The Hall–Kier alpha value is -3.57. The van der Waals surface area contributed by atoms with Crippen molar-refractivity contribution in [2.75, 3.05) is 26.4 Å². The molecule has 3 heterocycles. The summed E-state index contributed by atoms with van der Waals surface area (Å²) in [4.78, 5) is 32.5. The van der Waals surface area contributed by atoms with E-state index in [9.17, 15) is 49.1 Å². The second-order valence-corrected chi connectivity index (χ2v) is 11.6. The van der Waals surface area contributed by atoms with Crippen LogP contribution in [0.1, 0.15) is 51.5 Å². The van der Waals surface area contributed by atoms with Crippen molar-refractivity contribution in [2.24, 2.45) is 11.3 Å². The molecule has 0 radical (unpaired) electrons. The minimum atomic E-state index is -5.88. The number of hydrogen-bond acceptors (Lipinski definition) is 7. The van der Waals surface area contributed by atoms with Gasteiger partial charge in [-0.15, -0.1) is 0 Å². The van der Waals surface area contributed by atoms with E-state index >= 15 is 0 Å². The van der Waals surface area contributed by atoms with Crippen LogP contribution in [-0.2, 0) is 22.3 Å². The monoisotopic (exact) mass is 660 g/mol. The van der Waals surface area contributed by atoms with Gasteiger partial charge < -0.3 is 18.9 Å². The molecule has 0 bridgehead atoms. The van der Waals surface area contributed by atoms with E-state index in [0.29, 0.717) is 44.2 Å². The van der Waals surface area contributed by atoms with Gasteiger partial charge in [-0.2, -0.15) is 44.5 Å². The lowest BCUT2D eigenvalue weighted by Gasteiger charge is -2.33. The molecule has 9 nitrogen and oxygen atoms in total. The third-order valence-corrected chi connectivity index (χ3v) is 8.08. The van der Waals surface area contributed by atoms with Crippen LogP contribution in [-0.4, -0.2) is 76.1 Å². The average Bonchev–Trinajstić information content (AvgIpc) is 3.46. The Morgan fingerprint density at radius 2 is 1.62 bits per heavy atom. The minimum Gasteiger partial charge on any atom is -0.492 e. The van der Waals surface area contributed by atoms with Gasteiger partial charge in [0.25, 0.3) is 5.91 Å². The Balaban J connectivity index is 1.51. The summed E-state index contributed by atoms with van der Waals surface area (Å²) in [6.07, 6.45) is -14.7. The van der Waals surface area contributed by atoms with Gasteiger partial charge in [-0.1, -0.05) is 5.16 Å². The Labute approximate surface area is 250 Å². The van der Waals surface area contributed by atoms with Gasteiger partial charge in [0, 0.05) is 25.3 Å². The summed E-state index contributed by atoms with van der Waals surface area (Å²) >= 11 is 0. The van der Waals surface area contributed by atoms with Gasteiger partial charge in [0.2, 0.25) is 11.7 Å². The summed E-state index contributed by atoms with van der Waals surface area (Å²) in [5, 5.41) is 3.57. The third kappa shape index (κ3) is 6.84. The molecule has 1 aromatic heterocycles. The zero-order valence-corrected chi connectivity index (χ0v) is 24.2. The van der Waals surface area contributed by atoms with Crippen molar-refractivity contribution in [3.05, 3.63) is 29.7 Å². The number of nitrogens with zero attached hydrogens (tertiary/aromatic N) is 4. The molecule has 2 aliphatic rings. The van der Waals surface area contributed by atoms with Crippen LogP contribution in [0.5, 0.6) is 5.75 Å². The van der Waals surface area contributed by atoms with E-state index in [0.717, 1.165) is 23.8 Å². The quantitative estimate of drug-likeness (QED) is 0.220. The lowest BCUT2D eigenvalue weighted by molar-refractivity contribution is -0.340. The molecule has 45 heavy (non-hydrogen) atoms. The smallest absolute Gasteiger partial charge is 0.419 e. The minimum absolute atomic E-state index is 0.224. The lowest BCUT2D eigenvalue weighted by Crippen LogP contribution is -2.51. The number of carbonyl (C=O) groups is 2. The highest BCUT2D eigenvalue weighted by atomic mass is 19.4. The number of aromatic nitrogens is 2. The fraction of sp³-hybridized carbons (Fsp3) is 0.630. The highest BCUT2D eigenvalue weighted by Gasteiger charge is 2.68. The highest BCUT2D eigenvalue weighted by Crippen LogP contribution is 2.50. The number of carbonyl (C=O) groups excluding carboxylic acids is 2. The molecule has 0 unspecified atom stereocenters. The standard InChI is InChI=1S/C27H29F9N4O5/c1-23(2)21(41)39(22(42)40(23)9-6-15-7-10-43-11-8-15)13-19-37-20(38-45-19)16-4-5-18(17(12-16)25(28,29)30)44-14-24(3,26(31,32)33)27(34,35)36/h4-5,12,15H,6-11,13-14H2,1-3H3. The van der Waals surface area contributed by atoms with Crippen LogP contribution in [0, 0.1) is 11.3 Å². The topological polar surface area (TPSA) is 98.0 Å². The molecule has 2 aliphatic heterocycles. The normalized spacial score (nSPS) is 18.7. The molecule has 0 atom stereocenters. The molecule has 0 spiro atoms. The number of benzene rings is 1. The first kappa shape index (κ1) is 34.3. The fourth-order valence-electron chi connectivity index (χ4n) is 4.91. The molecule has 1 aromatic carbocycles. The summed E-state index contributed by atoms with van der Waals surface area (Å²) in [7, 11) is 0. The van der Waals surface area contributed by atoms with Gasteiger partial charge in [0.1, 0.15) is 24.4 Å². The van der Waals surface area contributed by atoms with Gasteiger partial charge in [-0.3, -0.25) is 9.69 Å². The fourth-order valence-corrected chi connectivity index (χ4v) is 4.91. The summed E-state index contributed by atoms with van der Waals surface area (Å²) < 4.78 is 135. The summed E-state index contributed by atoms with van der Waals surface area (Å²) in [6, 6.07) is 1.16. The van der Waals surface area contributed by atoms with Gasteiger partial charge in [-0.25, -0.2) is 4.79 Å². The number of amides is 3. The largest absolute Gasteiger partial charge is 0.492 e. The summed E-state index contributed by atoms with van der Waals surface area (Å²) in [6.45, 7) is 1.78. The Morgan fingerprint density at radius 3 is 2.20 bits per heavy atom. The van der Waals surface area contributed by atoms with Crippen LogP contribution >= 0.6 is 0 Å². The molecule has 250 valence electrons. The number of imide groups is 1. The number of rotatable bonds is 9. The zero-order chi connectivity index (χ0) is 33.6. The molecule has 0 saturated carbocycles. The summed E-state index contributed by atoms with van der Waals surface area (Å²) in [5.74, 6) is -2.29. The molecule has 2 aromatic rings. The van der Waals surface area contributed by atoms with E-state index in [1.54, 1.807) is 13.8 Å². The third-order valence-electron chi connectivity index (χ3n) is 8.08. The van der Waals surface area contributed by atoms with E-state index in [-0.39, 0.29) is 18.4 Å². The number of alkyl halides is 9. The van der Waals surface area contributed by atoms with E-state index in [4.69, 9.17) is 9.26 Å². The van der Waals surface area contributed by atoms with Crippen LogP contribution < -0.4 is 4.74 Å². The van der Waals surface area contributed by atoms with Gasteiger partial charge in [-0.05, 0) is 64.2 Å². The van der Waals surface area contributed by atoms with Crippen molar-refractivity contribution in [2.45, 2.75) is 70.6 Å². The first-order valence-electron chi connectivity index (χ1n) is 13.7. The molecule has 2 saturated heterocycles. The molecule has 0 N–H and O–H groups in total. The Bertz CT molecular complexity index is 1380. The van der Waals surface area contributed by atoms with Crippen LogP contribution in [0.4, 0.5) is 44.3 Å². The van der Waals surface area contributed by atoms with Gasteiger partial charge in [0.15, 0.2) is 5.41 Å². The maximum atomic E-state index is 13.8. The lowest BCUT2D eigenvalue weighted by atomic mass is 9.90. The van der Waals surface area contributed by atoms with E-state index in [1.807, 2.05) is 0 Å². The molecule has 18 heteroatoms. The highest BCUT2D eigenvalue weighted by molar-refractivity contribution is 6.06. The van der Waals surface area contributed by atoms with Crippen LogP contribution in [0.25, 0.3) is 11.4 Å². The SMILES string of the molecule is CC1(C)C(=O)N(Cc2nc(-c3ccc(OCC(C)(C(F)(F)F)C(F)(F)F)c(C(F)(F)F)c3)no2)C(=O)N1CCC1CCOCC1. The Kier molecular flexibility index (Phi) is 9.13. The second-order valence-electron chi connectivity index (χ2n) is 11.6. The van der Waals surface area contributed by atoms with E-state index < -0.39 is 71.7 Å². The maximum absolute atomic E-state index is 13.8. The van der Waals surface area contributed by atoms with Crippen molar-refractivity contribution in [3.8, 4) is 17.1 Å². The Morgan fingerprint density at radius 1 is 1.00 bits per heavy atom. The molecule has 4 rings (SSSR count). The second kappa shape index (κ2) is 12.0. The molecule has 0 aliphatic carbocycles. The number of hydrogen-bond donors (Lipinski definition) is 0. The maximum Gasteiger partial charge on any atom is 0.419 e. The van der Waals surface area contributed by atoms with E-state index in [2.05, 4.69) is 14.9 Å². The van der Waals surface area contributed by atoms with Crippen LogP contribution in [0.15, 0.2) is 22.7 Å². The van der Waals surface area contributed by atoms with Crippen molar-refractivity contribution in [3.63, 3.8) is 0 Å². The van der Waals surface area contributed by atoms with Crippen LogP contribution in [0.2, 0.25) is 0 Å². The first-order chi connectivity index (χ1) is 20.7. The number of ether oxygens (including phenoxy) is 2. The molecular formula is C27H29F9N4O5. The van der Waals surface area contributed by atoms with Crippen molar-refractivity contribution >= 4 is 11.9 Å². The molecular weight excluding hydrogens is 631 g/mol. The van der Waals surface area contributed by atoms with Crippen molar-refractivity contribution in [1.29, 1.82) is 0 Å². The number of urea groups is 1. The van der Waals surface area contributed by atoms with Crippen molar-refractivity contribution in [1.82, 2.24) is 19.9 Å². The number of halogens is 9. The first-order valence-corrected chi connectivity index (χ1v) is 13.7. The van der Waals surface area contributed by atoms with E-state index in [1.165, 1.54) is 4.90 Å². The molecule has 2 fully saturated rings.